The molecule has 0 amide bonds. The minimum Gasteiger partial charge on any atom is -0.384 e. The molecule has 0 aliphatic heterocycles. The van der Waals surface area contributed by atoms with Gasteiger partial charge in [0.1, 0.15) is 0 Å². The fraction of sp³-hybridized carbons (Fsp3) is 0.357. The lowest BCUT2D eigenvalue weighted by atomic mass is 10.1. The fourth-order valence-electron chi connectivity index (χ4n) is 2.00. The van der Waals surface area contributed by atoms with Crippen molar-refractivity contribution < 1.29 is 0 Å². The number of aryl methyl sites for hydroxylation is 2. The van der Waals surface area contributed by atoms with Gasteiger partial charge in [-0.2, -0.15) is 0 Å². The zero-order valence-corrected chi connectivity index (χ0v) is 12.1. The summed E-state index contributed by atoms with van der Waals surface area (Å²) in [6, 6.07) is 6.31. The number of benzene rings is 1. The van der Waals surface area contributed by atoms with Crippen molar-refractivity contribution in [3.8, 4) is 0 Å². The Morgan fingerprint density at radius 2 is 2.06 bits per heavy atom. The minimum absolute atomic E-state index is 0.991. The lowest BCUT2D eigenvalue weighted by Gasteiger charge is -2.13. The highest BCUT2D eigenvalue weighted by Crippen LogP contribution is 2.31. The number of anilines is 1. The molecule has 0 saturated heterocycles. The molecule has 2 rings (SSSR count). The topological polar surface area (TPSA) is 24.9 Å². The Morgan fingerprint density at radius 3 is 2.76 bits per heavy atom. The van der Waals surface area contributed by atoms with E-state index in [1.165, 1.54) is 16.6 Å². The minimum atomic E-state index is 0.991. The molecule has 2 nitrogen and oxygen atoms in total. The smallest absolute Gasteiger partial charge is 0.0870 e. The summed E-state index contributed by atoms with van der Waals surface area (Å²) in [4.78, 5) is 4.62. The van der Waals surface area contributed by atoms with Crippen LogP contribution in [0.4, 0.5) is 5.69 Å². The van der Waals surface area contributed by atoms with Crippen LogP contribution in [-0.2, 0) is 0 Å². The molecule has 0 spiro atoms. The van der Waals surface area contributed by atoms with Gasteiger partial charge in [0.25, 0.3) is 0 Å². The summed E-state index contributed by atoms with van der Waals surface area (Å²) in [5.41, 5.74) is 4.54. The Balaban J connectivity index is 2.68. The van der Waals surface area contributed by atoms with Crippen LogP contribution in [0.25, 0.3) is 10.9 Å². The highest BCUT2D eigenvalue weighted by atomic mass is 79.9. The Bertz CT molecular complexity index is 549. The maximum atomic E-state index is 4.62. The summed E-state index contributed by atoms with van der Waals surface area (Å²) in [7, 11) is 0. The van der Waals surface area contributed by atoms with Crippen molar-refractivity contribution in [3.05, 3.63) is 33.9 Å². The third kappa shape index (κ3) is 2.44. The van der Waals surface area contributed by atoms with Gasteiger partial charge in [-0.15, -0.1) is 0 Å². The molecule has 0 aliphatic carbocycles. The van der Waals surface area contributed by atoms with E-state index in [0.29, 0.717) is 0 Å². The molecule has 0 atom stereocenters. The van der Waals surface area contributed by atoms with Gasteiger partial charge >= 0.3 is 0 Å². The fourth-order valence-corrected chi connectivity index (χ4v) is 2.42. The van der Waals surface area contributed by atoms with Crippen LogP contribution < -0.4 is 5.32 Å². The van der Waals surface area contributed by atoms with E-state index < -0.39 is 0 Å². The molecule has 0 fully saturated rings. The molecule has 0 saturated carbocycles. The second-order valence-corrected chi connectivity index (χ2v) is 5.18. The van der Waals surface area contributed by atoms with E-state index in [0.717, 1.165) is 28.6 Å². The molecule has 17 heavy (non-hydrogen) atoms. The molecule has 0 radical (unpaired) electrons. The van der Waals surface area contributed by atoms with Crippen molar-refractivity contribution in [3.63, 3.8) is 0 Å². The summed E-state index contributed by atoms with van der Waals surface area (Å²) in [5.74, 6) is 0. The first-order chi connectivity index (χ1) is 8.13. The molecule has 1 aromatic heterocycles. The maximum absolute atomic E-state index is 4.62. The van der Waals surface area contributed by atoms with Gasteiger partial charge in [0.15, 0.2) is 0 Å². The Labute approximate surface area is 111 Å². The third-order valence-corrected chi connectivity index (χ3v) is 3.45. The average Bonchev–Trinajstić information content (AvgIpc) is 2.30. The Hall–Kier alpha value is -1.09. The van der Waals surface area contributed by atoms with Gasteiger partial charge in [0.05, 0.1) is 5.52 Å². The molecule has 1 aromatic carbocycles. The number of fused-ring (bicyclic) bond motifs is 1. The number of rotatable bonds is 3. The predicted molar refractivity (Wildman–Crippen MR) is 77.7 cm³/mol. The van der Waals surface area contributed by atoms with E-state index >= 15 is 0 Å². The first-order valence-electron chi connectivity index (χ1n) is 5.93. The van der Waals surface area contributed by atoms with Crippen LogP contribution in [-0.4, -0.2) is 11.5 Å². The number of halogens is 1. The van der Waals surface area contributed by atoms with Gasteiger partial charge in [0.2, 0.25) is 0 Å². The summed E-state index contributed by atoms with van der Waals surface area (Å²) >= 11 is 3.58. The lowest BCUT2D eigenvalue weighted by molar-refractivity contribution is 0.980. The molecular formula is C14H17BrN2. The van der Waals surface area contributed by atoms with Crippen LogP contribution in [0, 0.1) is 13.8 Å². The van der Waals surface area contributed by atoms with Gasteiger partial charge in [-0.1, -0.05) is 13.0 Å². The molecule has 0 bridgehead atoms. The molecule has 0 aliphatic rings. The highest BCUT2D eigenvalue weighted by Gasteiger charge is 2.09. The predicted octanol–water partition coefficient (Wildman–Crippen LogP) is 4.44. The van der Waals surface area contributed by atoms with E-state index in [9.17, 15) is 0 Å². The molecule has 2 aromatic rings. The molecule has 3 heteroatoms. The van der Waals surface area contributed by atoms with Gasteiger partial charge in [-0.25, -0.2) is 0 Å². The van der Waals surface area contributed by atoms with Crippen molar-refractivity contribution in [2.75, 3.05) is 11.9 Å². The van der Waals surface area contributed by atoms with E-state index in [4.69, 9.17) is 0 Å². The van der Waals surface area contributed by atoms with Crippen LogP contribution >= 0.6 is 15.9 Å². The van der Waals surface area contributed by atoms with Gasteiger partial charge in [-0.05, 0) is 53.9 Å². The van der Waals surface area contributed by atoms with Crippen molar-refractivity contribution in [1.29, 1.82) is 0 Å². The number of hydrogen-bond donors (Lipinski definition) is 1. The van der Waals surface area contributed by atoms with Gasteiger partial charge < -0.3 is 5.32 Å². The van der Waals surface area contributed by atoms with Crippen LogP contribution in [0.5, 0.6) is 0 Å². The normalized spacial score (nSPS) is 10.8. The van der Waals surface area contributed by atoms with E-state index in [1.807, 2.05) is 6.92 Å². The van der Waals surface area contributed by atoms with Crippen LogP contribution in [0.1, 0.15) is 24.6 Å². The third-order valence-electron chi connectivity index (χ3n) is 2.81. The Morgan fingerprint density at radius 1 is 1.29 bits per heavy atom. The first-order valence-corrected chi connectivity index (χ1v) is 6.73. The number of nitrogens with one attached hydrogen (secondary N) is 1. The first kappa shape index (κ1) is 12.4. The van der Waals surface area contributed by atoms with Crippen molar-refractivity contribution in [2.24, 2.45) is 0 Å². The molecule has 90 valence electrons. The van der Waals surface area contributed by atoms with Crippen molar-refractivity contribution in [2.45, 2.75) is 27.2 Å². The molecule has 0 unspecified atom stereocenters. The summed E-state index contributed by atoms with van der Waals surface area (Å²) in [5, 5.41) is 4.71. The summed E-state index contributed by atoms with van der Waals surface area (Å²) < 4.78 is 1.06. The highest BCUT2D eigenvalue weighted by molar-refractivity contribution is 9.10. The molecule has 1 N–H and O–H groups in total. The van der Waals surface area contributed by atoms with Gasteiger partial charge in [-0.3, -0.25) is 4.98 Å². The monoisotopic (exact) mass is 292 g/mol. The number of pyridine rings is 1. The SMILES string of the molecule is CCCNc1cc(C)nc2c(Br)ccc(C)c12. The van der Waals surface area contributed by atoms with Crippen LogP contribution in [0.15, 0.2) is 22.7 Å². The zero-order chi connectivity index (χ0) is 12.4. The lowest BCUT2D eigenvalue weighted by Crippen LogP contribution is -2.02. The molecular weight excluding hydrogens is 276 g/mol. The number of hydrogen-bond acceptors (Lipinski definition) is 2. The average molecular weight is 293 g/mol. The van der Waals surface area contributed by atoms with Crippen molar-refractivity contribution in [1.82, 2.24) is 4.98 Å². The largest absolute Gasteiger partial charge is 0.384 e. The second-order valence-electron chi connectivity index (χ2n) is 4.33. The van der Waals surface area contributed by atoms with Crippen LogP contribution in [0.2, 0.25) is 0 Å². The quantitative estimate of drug-likeness (QED) is 0.905. The van der Waals surface area contributed by atoms with E-state index in [1.54, 1.807) is 0 Å². The maximum Gasteiger partial charge on any atom is 0.0870 e. The van der Waals surface area contributed by atoms with E-state index in [-0.39, 0.29) is 0 Å². The Kier molecular flexibility index (Phi) is 3.67. The second kappa shape index (κ2) is 5.05. The molecule has 1 heterocycles. The van der Waals surface area contributed by atoms with Crippen LogP contribution in [0.3, 0.4) is 0 Å². The summed E-state index contributed by atoms with van der Waals surface area (Å²) in [6.45, 7) is 7.32. The number of aromatic nitrogens is 1. The zero-order valence-electron chi connectivity index (χ0n) is 10.5. The standard InChI is InChI=1S/C14H17BrN2/c1-4-7-16-12-8-10(3)17-14-11(15)6-5-9(2)13(12)14/h5-6,8H,4,7H2,1-3H3,(H,16,17). The van der Waals surface area contributed by atoms with Crippen molar-refractivity contribution >= 4 is 32.5 Å². The summed E-state index contributed by atoms with van der Waals surface area (Å²) in [6.07, 6.45) is 1.12. The van der Waals surface area contributed by atoms with Gasteiger partial charge in [0, 0.05) is 27.8 Å². The van der Waals surface area contributed by atoms with E-state index in [2.05, 4.69) is 58.3 Å². The number of nitrogens with zero attached hydrogens (tertiary/aromatic N) is 1.